The van der Waals surface area contributed by atoms with Gasteiger partial charge >= 0.3 is 0 Å². The first-order valence-electron chi connectivity index (χ1n) is 7.73. The van der Waals surface area contributed by atoms with E-state index in [9.17, 15) is 0 Å². The van der Waals surface area contributed by atoms with Gasteiger partial charge in [-0.25, -0.2) is 0 Å². The molecule has 1 heterocycles. The Morgan fingerprint density at radius 2 is 1.81 bits per heavy atom. The zero-order valence-corrected chi connectivity index (χ0v) is 12.8. The summed E-state index contributed by atoms with van der Waals surface area (Å²) >= 11 is 0. The minimum absolute atomic E-state index is 0.0512. The standard InChI is InChI=1S/C19H23NO/c1-13(2)11-14-7-9-15(10-8-14)19-12-17(20)16-5-3-4-6-18(16)21-19/h3-10,13,17,19H,11-12,20H2,1-2H3. The third-order valence-corrected chi connectivity index (χ3v) is 4.05. The van der Waals surface area contributed by atoms with Gasteiger partial charge in [-0.3, -0.25) is 0 Å². The predicted molar refractivity (Wildman–Crippen MR) is 86.3 cm³/mol. The molecule has 0 bridgehead atoms. The molecule has 0 saturated heterocycles. The van der Waals surface area contributed by atoms with Crippen molar-refractivity contribution < 1.29 is 4.74 Å². The molecule has 0 radical (unpaired) electrons. The zero-order chi connectivity index (χ0) is 14.8. The van der Waals surface area contributed by atoms with E-state index in [1.807, 2.05) is 18.2 Å². The van der Waals surface area contributed by atoms with Crippen molar-refractivity contribution >= 4 is 0 Å². The highest BCUT2D eigenvalue weighted by atomic mass is 16.5. The monoisotopic (exact) mass is 281 g/mol. The van der Waals surface area contributed by atoms with Crippen LogP contribution < -0.4 is 10.5 Å². The SMILES string of the molecule is CC(C)Cc1ccc(C2CC(N)c3ccccc3O2)cc1. The summed E-state index contributed by atoms with van der Waals surface area (Å²) in [5.74, 6) is 1.61. The largest absolute Gasteiger partial charge is 0.485 e. The highest BCUT2D eigenvalue weighted by Gasteiger charge is 2.26. The molecule has 21 heavy (non-hydrogen) atoms. The van der Waals surface area contributed by atoms with Crippen LogP contribution in [0.5, 0.6) is 5.75 Å². The Bertz CT molecular complexity index is 603. The number of rotatable bonds is 3. The molecule has 2 aromatic carbocycles. The lowest BCUT2D eigenvalue weighted by atomic mass is 9.92. The average Bonchev–Trinajstić information content (AvgIpc) is 2.47. The summed E-state index contributed by atoms with van der Waals surface area (Å²) in [6.45, 7) is 4.49. The molecular weight excluding hydrogens is 258 g/mol. The van der Waals surface area contributed by atoms with E-state index in [0.717, 1.165) is 24.2 Å². The molecule has 110 valence electrons. The van der Waals surface area contributed by atoms with Crippen LogP contribution in [-0.4, -0.2) is 0 Å². The lowest BCUT2D eigenvalue weighted by Crippen LogP contribution is -2.24. The molecule has 3 rings (SSSR count). The van der Waals surface area contributed by atoms with E-state index in [4.69, 9.17) is 10.5 Å². The van der Waals surface area contributed by atoms with Gasteiger partial charge < -0.3 is 10.5 Å². The zero-order valence-electron chi connectivity index (χ0n) is 12.8. The quantitative estimate of drug-likeness (QED) is 0.904. The third kappa shape index (κ3) is 3.11. The van der Waals surface area contributed by atoms with Gasteiger partial charge in [0, 0.05) is 18.0 Å². The molecule has 2 atom stereocenters. The molecule has 0 spiro atoms. The summed E-state index contributed by atoms with van der Waals surface area (Å²) in [4.78, 5) is 0. The first-order valence-corrected chi connectivity index (χ1v) is 7.73. The minimum atomic E-state index is 0.0512. The second-order valence-electron chi connectivity index (χ2n) is 6.33. The van der Waals surface area contributed by atoms with Gasteiger partial charge in [0.1, 0.15) is 11.9 Å². The van der Waals surface area contributed by atoms with E-state index < -0.39 is 0 Å². The van der Waals surface area contributed by atoms with Crippen LogP contribution in [0.2, 0.25) is 0 Å². The van der Waals surface area contributed by atoms with Gasteiger partial charge in [-0.15, -0.1) is 0 Å². The minimum Gasteiger partial charge on any atom is -0.485 e. The number of benzene rings is 2. The molecule has 0 amide bonds. The third-order valence-electron chi connectivity index (χ3n) is 4.05. The lowest BCUT2D eigenvalue weighted by Gasteiger charge is -2.30. The molecule has 0 fully saturated rings. The van der Waals surface area contributed by atoms with Crippen molar-refractivity contribution in [1.29, 1.82) is 0 Å². The van der Waals surface area contributed by atoms with Crippen molar-refractivity contribution in [3.8, 4) is 5.75 Å². The number of nitrogens with two attached hydrogens (primary N) is 1. The molecule has 2 unspecified atom stereocenters. The van der Waals surface area contributed by atoms with E-state index in [0.29, 0.717) is 5.92 Å². The molecule has 2 N–H and O–H groups in total. The van der Waals surface area contributed by atoms with Crippen LogP contribution in [-0.2, 0) is 6.42 Å². The number of hydrogen-bond donors (Lipinski definition) is 1. The van der Waals surface area contributed by atoms with Crippen LogP contribution in [0.25, 0.3) is 0 Å². The molecular formula is C19H23NO. The highest BCUT2D eigenvalue weighted by Crippen LogP contribution is 2.39. The molecule has 2 aromatic rings. The average molecular weight is 281 g/mol. The second-order valence-corrected chi connectivity index (χ2v) is 6.33. The van der Waals surface area contributed by atoms with Gasteiger partial charge in [0.05, 0.1) is 0 Å². The van der Waals surface area contributed by atoms with Crippen LogP contribution in [0.1, 0.15) is 49.1 Å². The maximum absolute atomic E-state index is 6.29. The summed E-state index contributed by atoms with van der Waals surface area (Å²) in [5, 5.41) is 0. The van der Waals surface area contributed by atoms with E-state index in [2.05, 4.69) is 44.2 Å². The Kier molecular flexibility index (Phi) is 3.98. The van der Waals surface area contributed by atoms with Crippen LogP contribution in [0, 0.1) is 5.92 Å². The van der Waals surface area contributed by atoms with E-state index in [1.54, 1.807) is 0 Å². The fourth-order valence-corrected chi connectivity index (χ4v) is 3.00. The van der Waals surface area contributed by atoms with Crippen molar-refractivity contribution in [2.75, 3.05) is 0 Å². The fraction of sp³-hybridized carbons (Fsp3) is 0.368. The topological polar surface area (TPSA) is 35.2 Å². The van der Waals surface area contributed by atoms with Gasteiger partial charge in [0.25, 0.3) is 0 Å². The first kappa shape index (κ1) is 14.2. The number of hydrogen-bond acceptors (Lipinski definition) is 2. The van der Waals surface area contributed by atoms with Gasteiger partial charge in [0.2, 0.25) is 0 Å². The molecule has 1 aliphatic rings. The maximum atomic E-state index is 6.29. The fourth-order valence-electron chi connectivity index (χ4n) is 3.00. The van der Waals surface area contributed by atoms with E-state index in [1.165, 1.54) is 11.1 Å². The molecule has 0 aliphatic carbocycles. The van der Waals surface area contributed by atoms with Crippen molar-refractivity contribution in [2.24, 2.45) is 11.7 Å². The van der Waals surface area contributed by atoms with Crippen LogP contribution in [0.3, 0.4) is 0 Å². The highest BCUT2D eigenvalue weighted by molar-refractivity contribution is 5.39. The van der Waals surface area contributed by atoms with Crippen LogP contribution >= 0.6 is 0 Å². The molecule has 1 aliphatic heterocycles. The second kappa shape index (κ2) is 5.90. The number of para-hydroxylation sites is 1. The van der Waals surface area contributed by atoms with Crippen molar-refractivity contribution in [2.45, 2.75) is 38.8 Å². The lowest BCUT2D eigenvalue weighted by molar-refractivity contribution is 0.161. The number of ether oxygens (including phenoxy) is 1. The van der Waals surface area contributed by atoms with Gasteiger partial charge in [0.15, 0.2) is 0 Å². The normalized spacial score (nSPS) is 21.0. The van der Waals surface area contributed by atoms with E-state index in [-0.39, 0.29) is 12.1 Å². The Hall–Kier alpha value is -1.80. The summed E-state index contributed by atoms with van der Waals surface area (Å²) in [6.07, 6.45) is 2.01. The van der Waals surface area contributed by atoms with Crippen molar-refractivity contribution in [3.05, 3.63) is 65.2 Å². The maximum Gasteiger partial charge on any atom is 0.126 e. The summed E-state index contributed by atoms with van der Waals surface area (Å²) < 4.78 is 6.13. The van der Waals surface area contributed by atoms with E-state index >= 15 is 0 Å². The predicted octanol–water partition coefficient (Wildman–Crippen LogP) is 4.41. The Morgan fingerprint density at radius 1 is 1.10 bits per heavy atom. The smallest absolute Gasteiger partial charge is 0.126 e. The molecule has 0 saturated carbocycles. The first-order chi connectivity index (χ1) is 10.1. The van der Waals surface area contributed by atoms with Crippen molar-refractivity contribution in [1.82, 2.24) is 0 Å². The van der Waals surface area contributed by atoms with Gasteiger partial charge in [-0.1, -0.05) is 56.3 Å². The molecule has 2 heteroatoms. The summed E-state index contributed by atoms with van der Waals surface area (Å²) in [6, 6.07) is 16.9. The van der Waals surface area contributed by atoms with Crippen molar-refractivity contribution in [3.63, 3.8) is 0 Å². The van der Waals surface area contributed by atoms with Crippen LogP contribution in [0.15, 0.2) is 48.5 Å². The van der Waals surface area contributed by atoms with Gasteiger partial charge in [-0.05, 0) is 29.5 Å². The molecule has 2 nitrogen and oxygen atoms in total. The summed E-state index contributed by atoms with van der Waals surface area (Å²) in [5.41, 5.74) is 10.0. The van der Waals surface area contributed by atoms with Gasteiger partial charge in [-0.2, -0.15) is 0 Å². The Morgan fingerprint density at radius 3 is 2.52 bits per heavy atom. The summed E-state index contributed by atoms with van der Waals surface area (Å²) in [7, 11) is 0. The number of fused-ring (bicyclic) bond motifs is 1. The molecule has 0 aromatic heterocycles. The van der Waals surface area contributed by atoms with Crippen LogP contribution in [0.4, 0.5) is 0 Å². The Labute approximate surface area is 126 Å². The Balaban J connectivity index is 1.79.